The van der Waals surface area contributed by atoms with E-state index >= 15 is 0 Å². The average Bonchev–Trinajstić information content (AvgIpc) is 3.03. The van der Waals surface area contributed by atoms with Gasteiger partial charge in [0.2, 0.25) is 5.91 Å². The molecule has 0 aromatic heterocycles. The van der Waals surface area contributed by atoms with Gasteiger partial charge in [-0.15, -0.1) is 0 Å². The number of halogens is 1. The van der Waals surface area contributed by atoms with E-state index in [0.29, 0.717) is 23.3 Å². The lowest BCUT2D eigenvalue weighted by Crippen LogP contribution is -2.33. The van der Waals surface area contributed by atoms with Gasteiger partial charge in [-0.1, -0.05) is 15.9 Å². The summed E-state index contributed by atoms with van der Waals surface area (Å²) in [6, 6.07) is 8.23. The molecule has 1 aromatic carbocycles. The maximum atomic E-state index is 12.3. The lowest BCUT2D eigenvalue weighted by molar-refractivity contribution is -0.120. The zero-order valence-corrected chi connectivity index (χ0v) is 11.9. The summed E-state index contributed by atoms with van der Waals surface area (Å²) in [5.74, 6) is 0.0625. The molecule has 0 spiro atoms. The third-order valence-electron chi connectivity index (χ3n) is 4.00. The van der Waals surface area contributed by atoms with E-state index in [9.17, 15) is 4.79 Å². The van der Waals surface area contributed by atoms with Crippen molar-refractivity contribution < 1.29 is 4.79 Å². The second-order valence-electron chi connectivity index (χ2n) is 5.18. The molecule has 3 unspecified atom stereocenters. The highest BCUT2D eigenvalue weighted by atomic mass is 79.9. The van der Waals surface area contributed by atoms with E-state index in [1.165, 1.54) is 6.42 Å². The van der Waals surface area contributed by atoms with Gasteiger partial charge in [-0.3, -0.25) is 4.79 Å². The van der Waals surface area contributed by atoms with Gasteiger partial charge in [-0.2, -0.15) is 5.26 Å². The lowest BCUT2D eigenvalue weighted by atomic mass is 9.88. The number of carbonyl (C=O) groups is 1. The Balaban J connectivity index is 1.75. The molecule has 98 valence electrons. The van der Waals surface area contributed by atoms with Crippen molar-refractivity contribution in [3.63, 3.8) is 0 Å². The van der Waals surface area contributed by atoms with Crippen molar-refractivity contribution in [3.05, 3.63) is 28.2 Å². The number of carbonyl (C=O) groups excluding carboxylic acids is 1. The number of fused-ring (bicyclic) bond motifs is 2. The van der Waals surface area contributed by atoms with E-state index in [1.54, 1.807) is 12.1 Å². The Kier molecular flexibility index (Phi) is 3.29. The lowest BCUT2D eigenvalue weighted by Gasteiger charge is -2.19. The topological polar surface area (TPSA) is 64.9 Å². The van der Waals surface area contributed by atoms with Crippen LogP contribution in [0, 0.1) is 17.2 Å². The summed E-state index contributed by atoms with van der Waals surface area (Å²) in [6.07, 6.45) is 3.17. The normalized spacial score (nSPS) is 28.1. The number of anilines is 1. The third kappa shape index (κ3) is 2.38. The second kappa shape index (κ2) is 4.95. The molecule has 2 aliphatic rings. The summed E-state index contributed by atoms with van der Waals surface area (Å²) in [5, 5.41) is 15.4. The number of hydrogen-bond donors (Lipinski definition) is 2. The smallest absolute Gasteiger partial charge is 0.229 e. The van der Waals surface area contributed by atoms with Gasteiger partial charge >= 0.3 is 0 Å². The van der Waals surface area contributed by atoms with Crippen LogP contribution in [-0.4, -0.2) is 18.0 Å². The summed E-state index contributed by atoms with van der Waals surface area (Å²) >= 11 is 3.32. The highest BCUT2D eigenvalue weighted by Crippen LogP contribution is 2.34. The van der Waals surface area contributed by atoms with Gasteiger partial charge in [0.15, 0.2) is 0 Å². The fraction of sp³-hybridized carbons (Fsp3) is 0.429. The summed E-state index contributed by atoms with van der Waals surface area (Å²) in [7, 11) is 0. The number of rotatable bonds is 2. The Morgan fingerprint density at radius 1 is 1.47 bits per heavy atom. The van der Waals surface area contributed by atoms with Gasteiger partial charge in [-0.05, 0) is 37.5 Å². The average molecular weight is 320 g/mol. The van der Waals surface area contributed by atoms with Crippen LogP contribution in [0.4, 0.5) is 5.69 Å². The largest absolute Gasteiger partial charge is 0.325 e. The standard InChI is InChI=1S/C14H14BrN3O/c15-9-1-3-12(8(5-9)7-16)18-14(19)11-6-10-2-4-13(11)17-10/h1,3,5,10-11,13,17H,2,4,6H2,(H,18,19). The maximum Gasteiger partial charge on any atom is 0.229 e. The Bertz CT molecular complexity index is 566. The van der Waals surface area contributed by atoms with Gasteiger partial charge in [-0.25, -0.2) is 0 Å². The molecule has 0 radical (unpaired) electrons. The molecule has 19 heavy (non-hydrogen) atoms. The fourth-order valence-corrected chi connectivity index (χ4v) is 3.42. The third-order valence-corrected chi connectivity index (χ3v) is 4.49. The van der Waals surface area contributed by atoms with Crippen molar-refractivity contribution >= 4 is 27.5 Å². The van der Waals surface area contributed by atoms with E-state index in [1.807, 2.05) is 6.07 Å². The zero-order valence-electron chi connectivity index (χ0n) is 10.3. The molecule has 2 fully saturated rings. The molecule has 2 aliphatic heterocycles. The minimum atomic E-state index is 0.0264. The molecule has 2 N–H and O–H groups in total. The highest BCUT2D eigenvalue weighted by Gasteiger charge is 2.42. The Labute approximate surface area is 120 Å². The van der Waals surface area contributed by atoms with Crippen LogP contribution >= 0.6 is 15.9 Å². The van der Waals surface area contributed by atoms with Crippen LogP contribution in [0.3, 0.4) is 0 Å². The molecule has 3 atom stereocenters. The van der Waals surface area contributed by atoms with Gasteiger partial charge in [0, 0.05) is 16.6 Å². The zero-order chi connectivity index (χ0) is 13.4. The van der Waals surface area contributed by atoms with E-state index in [-0.39, 0.29) is 11.8 Å². The van der Waals surface area contributed by atoms with Crippen LogP contribution < -0.4 is 10.6 Å². The Morgan fingerprint density at radius 2 is 2.32 bits per heavy atom. The van der Waals surface area contributed by atoms with Gasteiger partial charge in [0.25, 0.3) is 0 Å². The molecule has 0 saturated carbocycles. The first-order chi connectivity index (χ1) is 9.17. The van der Waals surface area contributed by atoms with Crippen molar-refractivity contribution in [2.24, 2.45) is 5.92 Å². The molecule has 2 heterocycles. The number of hydrogen-bond acceptors (Lipinski definition) is 3. The fourth-order valence-electron chi connectivity index (χ4n) is 3.06. The van der Waals surface area contributed by atoms with Gasteiger partial charge < -0.3 is 10.6 Å². The van der Waals surface area contributed by atoms with Crippen LogP contribution in [0.25, 0.3) is 0 Å². The first kappa shape index (κ1) is 12.6. The molecule has 4 nitrogen and oxygen atoms in total. The maximum absolute atomic E-state index is 12.3. The molecular weight excluding hydrogens is 306 g/mol. The summed E-state index contributed by atoms with van der Waals surface area (Å²) < 4.78 is 0.837. The molecular formula is C14H14BrN3O. The van der Waals surface area contributed by atoms with E-state index in [0.717, 1.165) is 17.3 Å². The predicted molar refractivity (Wildman–Crippen MR) is 75.5 cm³/mol. The van der Waals surface area contributed by atoms with E-state index in [2.05, 4.69) is 32.6 Å². The number of nitrogens with zero attached hydrogens (tertiary/aromatic N) is 1. The molecule has 2 saturated heterocycles. The minimum absolute atomic E-state index is 0.0264. The highest BCUT2D eigenvalue weighted by molar-refractivity contribution is 9.10. The monoisotopic (exact) mass is 319 g/mol. The van der Waals surface area contributed by atoms with Crippen molar-refractivity contribution in [3.8, 4) is 6.07 Å². The van der Waals surface area contributed by atoms with Crippen molar-refractivity contribution in [1.29, 1.82) is 5.26 Å². The number of benzene rings is 1. The quantitative estimate of drug-likeness (QED) is 0.879. The van der Waals surface area contributed by atoms with E-state index < -0.39 is 0 Å². The molecule has 1 aromatic rings. The van der Waals surface area contributed by atoms with Crippen molar-refractivity contribution in [2.75, 3.05) is 5.32 Å². The summed E-state index contributed by atoms with van der Waals surface area (Å²) in [6.45, 7) is 0. The summed E-state index contributed by atoms with van der Waals surface area (Å²) in [5.41, 5.74) is 1.08. The van der Waals surface area contributed by atoms with Crippen LogP contribution in [0.2, 0.25) is 0 Å². The number of nitriles is 1. The molecule has 5 heteroatoms. The minimum Gasteiger partial charge on any atom is -0.325 e. The second-order valence-corrected chi connectivity index (χ2v) is 6.10. The van der Waals surface area contributed by atoms with Crippen molar-refractivity contribution in [1.82, 2.24) is 5.32 Å². The molecule has 3 rings (SSSR count). The molecule has 2 bridgehead atoms. The van der Waals surface area contributed by atoms with Gasteiger partial charge in [0.1, 0.15) is 6.07 Å². The van der Waals surface area contributed by atoms with E-state index in [4.69, 9.17) is 5.26 Å². The first-order valence-corrected chi connectivity index (χ1v) is 7.23. The number of amides is 1. The van der Waals surface area contributed by atoms with Crippen LogP contribution in [0.15, 0.2) is 22.7 Å². The SMILES string of the molecule is N#Cc1cc(Br)ccc1NC(=O)C1CC2CCC1N2. The van der Waals surface area contributed by atoms with Crippen LogP contribution in [0.1, 0.15) is 24.8 Å². The van der Waals surface area contributed by atoms with Crippen LogP contribution in [-0.2, 0) is 4.79 Å². The molecule has 1 amide bonds. The number of nitrogens with one attached hydrogen (secondary N) is 2. The first-order valence-electron chi connectivity index (χ1n) is 6.44. The van der Waals surface area contributed by atoms with Gasteiger partial charge in [0.05, 0.1) is 17.2 Å². The Hall–Kier alpha value is -1.38. The molecule has 0 aliphatic carbocycles. The summed E-state index contributed by atoms with van der Waals surface area (Å²) in [4.78, 5) is 12.3. The van der Waals surface area contributed by atoms with Crippen molar-refractivity contribution in [2.45, 2.75) is 31.3 Å². The Morgan fingerprint density at radius 3 is 2.95 bits per heavy atom. The predicted octanol–water partition coefficient (Wildman–Crippen LogP) is 2.40. The van der Waals surface area contributed by atoms with Crippen LogP contribution in [0.5, 0.6) is 0 Å².